The molecular formula is C18H26N2S. The number of nitrogens with two attached hydrogens (primary N) is 1. The normalized spacial score (nSPS) is 22.0. The Balaban J connectivity index is 1.96. The Bertz CT molecular complexity index is 622. The number of hydrogen-bond acceptors (Lipinski definition) is 2. The number of nitrogens with zero attached hydrogens (tertiary/aromatic N) is 1. The minimum absolute atomic E-state index is 0.192. The summed E-state index contributed by atoms with van der Waals surface area (Å²) in [5.74, 6) is 0. The number of aromatic nitrogens is 1. The van der Waals surface area contributed by atoms with Crippen LogP contribution in [-0.4, -0.2) is 4.57 Å². The second-order valence-corrected chi connectivity index (χ2v) is 8.37. The third-order valence-electron chi connectivity index (χ3n) is 4.70. The van der Waals surface area contributed by atoms with E-state index in [9.17, 15) is 0 Å². The molecule has 0 fully saturated rings. The van der Waals surface area contributed by atoms with E-state index >= 15 is 0 Å². The lowest BCUT2D eigenvalue weighted by atomic mass is 9.74. The molecule has 0 spiro atoms. The molecule has 0 aromatic carbocycles. The number of hydrogen-bond donors (Lipinski definition) is 1. The smallest absolute Gasteiger partial charge is 0.0355 e. The zero-order valence-corrected chi connectivity index (χ0v) is 14.3. The highest BCUT2D eigenvalue weighted by atomic mass is 32.1. The fourth-order valence-electron chi connectivity index (χ4n) is 3.89. The third-order valence-corrected chi connectivity index (χ3v) is 5.60. The molecule has 114 valence electrons. The standard InChI is InChI=1S/C18H26N2S/c1-12(8-14-6-5-7-21-14)20-13(2)9-15-16(19)10-18(3,4)11-17(15)20/h5-7,9,12,16H,8,10-11,19H2,1-4H3. The fourth-order valence-corrected chi connectivity index (χ4v) is 4.72. The van der Waals surface area contributed by atoms with Crippen LogP contribution in [0.25, 0.3) is 0 Å². The van der Waals surface area contributed by atoms with Gasteiger partial charge in [0, 0.05) is 34.8 Å². The summed E-state index contributed by atoms with van der Waals surface area (Å²) in [6.07, 6.45) is 3.33. The highest BCUT2D eigenvalue weighted by Gasteiger charge is 2.34. The second kappa shape index (κ2) is 5.29. The number of aryl methyl sites for hydroxylation is 1. The molecule has 2 aromatic heterocycles. The van der Waals surface area contributed by atoms with Crippen molar-refractivity contribution in [2.75, 3.05) is 0 Å². The van der Waals surface area contributed by atoms with E-state index in [1.54, 1.807) is 0 Å². The molecule has 2 heterocycles. The summed E-state index contributed by atoms with van der Waals surface area (Å²) >= 11 is 1.85. The van der Waals surface area contributed by atoms with Crippen molar-refractivity contribution in [1.82, 2.24) is 4.57 Å². The van der Waals surface area contributed by atoms with Gasteiger partial charge >= 0.3 is 0 Å². The lowest BCUT2D eigenvalue weighted by Crippen LogP contribution is -2.31. The Morgan fingerprint density at radius 3 is 2.90 bits per heavy atom. The molecule has 2 nitrogen and oxygen atoms in total. The third kappa shape index (κ3) is 2.82. The molecule has 0 saturated carbocycles. The van der Waals surface area contributed by atoms with Crippen LogP contribution in [-0.2, 0) is 12.8 Å². The maximum absolute atomic E-state index is 6.43. The van der Waals surface area contributed by atoms with E-state index in [0.717, 1.165) is 19.3 Å². The van der Waals surface area contributed by atoms with Crippen molar-refractivity contribution < 1.29 is 0 Å². The molecule has 2 atom stereocenters. The minimum atomic E-state index is 0.192. The first-order chi connectivity index (χ1) is 9.87. The van der Waals surface area contributed by atoms with Gasteiger partial charge in [0.15, 0.2) is 0 Å². The second-order valence-electron chi connectivity index (χ2n) is 7.34. The van der Waals surface area contributed by atoms with Crippen molar-refractivity contribution in [3.63, 3.8) is 0 Å². The number of fused-ring (bicyclic) bond motifs is 1. The highest BCUT2D eigenvalue weighted by Crippen LogP contribution is 2.42. The molecule has 1 aliphatic carbocycles. The fraction of sp³-hybridized carbons (Fsp3) is 0.556. The lowest BCUT2D eigenvalue weighted by molar-refractivity contribution is 0.272. The van der Waals surface area contributed by atoms with E-state index in [1.165, 1.54) is 21.8 Å². The minimum Gasteiger partial charge on any atom is -0.345 e. The van der Waals surface area contributed by atoms with E-state index in [2.05, 4.69) is 55.8 Å². The van der Waals surface area contributed by atoms with Gasteiger partial charge in [-0.25, -0.2) is 0 Å². The Morgan fingerprint density at radius 1 is 1.48 bits per heavy atom. The van der Waals surface area contributed by atoms with Crippen LogP contribution in [0, 0.1) is 12.3 Å². The number of thiophene rings is 1. The van der Waals surface area contributed by atoms with Crippen LogP contribution in [0.4, 0.5) is 0 Å². The molecule has 2 aromatic rings. The van der Waals surface area contributed by atoms with Gasteiger partial charge < -0.3 is 10.3 Å². The van der Waals surface area contributed by atoms with Crippen LogP contribution in [0.5, 0.6) is 0 Å². The summed E-state index contributed by atoms with van der Waals surface area (Å²) in [6.45, 7) is 9.24. The van der Waals surface area contributed by atoms with E-state index in [4.69, 9.17) is 5.73 Å². The average molecular weight is 302 g/mol. The predicted molar refractivity (Wildman–Crippen MR) is 90.9 cm³/mol. The SMILES string of the molecule is Cc1cc2c(n1C(C)Cc1cccs1)CC(C)(C)CC2N. The molecule has 3 heteroatoms. The van der Waals surface area contributed by atoms with Gasteiger partial charge in [0.05, 0.1) is 0 Å². The summed E-state index contributed by atoms with van der Waals surface area (Å²) in [5, 5.41) is 2.17. The molecule has 21 heavy (non-hydrogen) atoms. The van der Waals surface area contributed by atoms with Crippen molar-refractivity contribution in [2.45, 2.75) is 59.0 Å². The first-order valence-electron chi connectivity index (χ1n) is 7.86. The molecule has 0 radical (unpaired) electrons. The first-order valence-corrected chi connectivity index (χ1v) is 8.74. The highest BCUT2D eigenvalue weighted by molar-refractivity contribution is 7.09. The quantitative estimate of drug-likeness (QED) is 0.880. The zero-order chi connectivity index (χ0) is 15.2. The van der Waals surface area contributed by atoms with Gasteiger partial charge in [0.1, 0.15) is 0 Å². The maximum atomic E-state index is 6.43. The number of rotatable bonds is 3. The monoisotopic (exact) mass is 302 g/mol. The molecule has 3 rings (SSSR count). The van der Waals surface area contributed by atoms with Crippen LogP contribution in [0.2, 0.25) is 0 Å². The lowest BCUT2D eigenvalue weighted by Gasteiger charge is -2.35. The van der Waals surface area contributed by atoms with Crippen molar-refractivity contribution in [3.05, 3.63) is 45.4 Å². The summed E-state index contributed by atoms with van der Waals surface area (Å²) in [6, 6.07) is 7.39. The van der Waals surface area contributed by atoms with Gasteiger partial charge in [-0.2, -0.15) is 0 Å². The Morgan fingerprint density at radius 2 is 2.24 bits per heavy atom. The molecule has 2 unspecified atom stereocenters. The topological polar surface area (TPSA) is 30.9 Å². The Labute approximate surface area is 132 Å². The van der Waals surface area contributed by atoms with Gasteiger partial charge in [-0.1, -0.05) is 19.9 Å². The van der Waals surface area contributed by atoms with Gasteiger partial charge in [-0.3, -0.25) is 0 Å². The molecule has 0 bridgehead atoms. The Hall–Kier alpha value is -1.06. The maximum Gasteiger partial charge on any atom is 0.0355 e. The first kappa shape index (κ1) is 14.9. The van der Waals surface area contributed by atoms with Gasteiger partial charge in [-0.05, 0) is 55.2 Å². The van der Waals surface area contributed by atoms with Gasteiger partial charge in [0.25, 0.3) is 0 Å². The van der Waals surface area contributed by atoms with Crippen molar-refractivity contribution in [1.29, 1.82) is 0 Å². The largest absolute Gasteiger partial charge is 0.345 e. The van der Waals surface area contributed by atoms with Crippen molar-refractivity contribution >= 4 is 11.3 Å². The summed E-state index contributed by atoms with van der Waals surface area (Å²) in [7, 11) is 0. The van der Waals surface area contributed by atoms with Crippen LogP contribution in [0.3, 0.4) is 0 Å². The molecule has 0 aliphatic heterocycles. The Kier molecular flexibility index (Phi) is 3.74. The zero-order valence-electron chi connectivity index (χ0n) is 13.5. The van der Waals surface area contributed by atoms with Crippen LogP contribution < -0.4 is 5.73 Å². The van der Waals surface area contributed by atoms with Crippen LogP contribution in [0.15, 0.2) is 23.6 Å². The summed E-state index contributed by atoms with van der Waals surface area (Å²) < 4.78 is 2.54. The summed E-state index contributed by atoms with van der Waals surface area (Å²) in [4.78, 5) is 1.46. The van der Waals surface area contributed by atoms with Crippen LogP contribution in [0.1, 0.15) is 61.1 Å². The van der Waals surface area contributed by atoms with Crippen molar-refractivity contribution in [2.24, 2.45) is 11.1 Å². The van der Waals surface area contributed by atoms with E-state index < -0.39 is 0 Å². The van der Waals surface area contributed by atoms with Gasteiger partial charge in [0.2, 0.25) is 0 Å². The van der Waals surface area contributed by atoms with Gasteiger partial charge in [-0.15, -0.1) is 11.3 Å². The predicted octanol–water partition coefficient (Wildman–Crippen LogP) is 4.63. The molecule has 2 N–H and O–H groups in total. The van der Waals surface area contributed by atoms with E-state index in [1.807, 2.05) is 11.3 Å². The van der Waals surface area contributed by atoms with Crippen LogP contribution >= 0.6 is 11.3 Å². The molecule has 0 saturated heterocycles. The van der Waals surface area contributed by atoms with E-state index in [0.29, 0.717) is 11.5 Å². The van der Waals surface area contributed by atoms with Crippen molar-refractivity contribution in [3.8, 4) is 0 Å². The molecule has 1 aliphatic rings. The average Bonchev–Trinajstić information content (AvgIpc) is 2.95. The van der Waals surface area contributed by atoms with E-state index in [-0.39, 0.29) is 6.04 Å². The molecule has 0 amide bonds. The summed E-state index contributed by atoms with van der Waals surface area (Å²) in [5.41, 5.74) is 10.9. The molecular weight excluding hydrogens is 276 g/mol.